The third-order valence-electron chi connectivity index (χ3n) is 2.60. The first kappa shape index (κ1) is 11.7. The molecule has 1 aliphatic carbocycles. The Morgan fingerprint density at radius 2 is 2.36 bits per heavy atom. The van der Waals surface area contributed by atoms with E-state index in [9.17, 15) is 0 Å². The van der Waals surface area contributed by atoms with Gasteiger partial charge in [-0.3, -0.25) is 0 Å². The Morgan fingerprint density at radius 3 is 3.07 bits per heavy atom. The van der Waals surface area contributed by atoms with Crippen molar-refractivity contribution in [3.63, 3.8) is 0 Å². The molecule has 0 spiro atoms. The number of rotatable bonds is 8. The molecule has 0 unspecified atom stereocenters. The summed E-state index contributed by atoms with van der Waals surface area (Å²) in [6.07, 6.45) is 8.80. The fourth-order valence-corrected chi connectivity index (χ4v) is 1.78. The summed E-state index contributed by atoms with van der Waals surface area (Å²) in [5.74, 6) is 0. The van der Waals surface area contributed by atoms with Crippen molar-refractivity contribution in [2.24, 2.45) is 0 Å². The summed E-state index contributed by atoms with van der Waals surface area (Å²) in [6.45, 7) is 6.00. The molecule has 0 saturated carbocycles. The van der Waals surface area contributed by atoms with Gasteiger partial charge in [0.1, 0.15) is 0 Å². The Labute approximate surface area is 87.7 Å². The van der Waals surface area contributed by atoms with Gasteiger partial charge in [0.05, 0.1) is 0 Å². The topological polar surface area (TPSA) is 21.3 Å². The summed E-state index contributed by atoms with van der Waals surface area (Å²) in [5, 5.41) is 3.45. The molecule has 82 valence electrons. The van der Waals surface area contributed by atoms with Gasteiger partial charge in [-0.15, -0.1) is 0 Å². The molecule has 1 rings (SSSR count). The van der Waals surface area contributed by atoms with Crippen LogP contribution in [0.4, 0.5) is 0 Å². The summed E-state index contributed by atoms with van der Waals surface area (Å²) in [4.78, 5) is 0. The molecule has 0 atom stereocenters. The Bertz CT molecular complexity index is 166. The second-order valence-electron chi connectivity index (χ2n) is 3.81. The molecular formula is C12H23NO. The van der Waals surface area contributed by atoms with E-state index < -0.39 is 0 Å². The Hall–Kier alpha value is -0.340. The molecule has 14 heavy (non-hydrogen) atoms. The lowest BCUT2D eigenvalue weighted by molar-refractivity contribution is 0.145. The first-order chi connectivity index (χ1) is 6.93. The molecular weight excluding hydrogens is 174 g/mol. The molecule has 0 aromatic rings. The maximum Gasteiger partial charge on any atom is 0.0477 e. The maximum absolute atomic E-state index is 5.26. The van der Waals surface area contributed by atoms with Gasteiger partial charge in [0, 0.05) is 13.2 Å². The van der Waals surface area contributed by atoms with E-state index in [0.29, 0.717) is 0 Å². The van der Waals surface area contributed by atoms with E-state index in [1.54, 1.807) is 5.57 Å². The largest absolute Gasteiger partial charge is 0.382 e. The van der Waals surface area contributed by atoms with Crippen molar-refractivity contribution in [3.05, 3.63) is 11.6 Å². The second kappa shape index (κ2) is 8.01. The number of hydrogen-bond acceptors (Lipinski definition) is 2. The van der Waals surface area contributed by atoms with Gasteiger partial charge in [-0.05, 0) is 52.1 Å². The summed E-state index contributed by atoms with van der Waals surface area (Å²) in [6, 6.07) is 0. The quantitative estimate of drug-likeness (QED) is 0.477. The number of nitrogens with one attached hydrogen (secondary N) is 1. The molecule has 0 bridgehead atoms. The van der Waals surface area contributed by atoms with Crippen molar-refractivity contribution in [2.45, 2.75) is 39.0 Å². The normalized spacial score (nSPS) is 15.9. The van der Waals surface area contributed by atoms with Crippen LogP contribution in [0.25, 0.3) is 0 Å². The molecule has 2 nitrogen and oxygen atoms in total. The molecule has 0 amide bonds. The highest BCUT2D eigenvalue weighted by Crippen LogP contribution is 2.19. The lowest BCUT2D eigenvalue weighted by Crippen LogP contribution is -2.18. The number of ether oxygens (including phenoxy) is 1. The molecule has 1 N–H and O–H groups in total. The van der Waals surface area contributed by atoms with Crippen LogP contribution in [0.2, 0.25) is 0 Å². The smallest absolute Gasteiger partial charge is 0.0477 e. The van der Waals surface area contributed by atoms with Gasteiger partial charge in [0.25, 0.3) is 0 Å². The van der Waals surface area contributed by atoms with Crippen LogP contribution in [0.5, 0.6) is 0 Å². The van der Waals surface area contributed by atoms with Crippen molar-refractivity contribution >= 4 is 0 Å². The van der Waals surface area contributed by atoms with Gasteiger partial charge in [0.2, 0.25) is 0 Å². The van der Waals surface area contributed by atoms with Crippen molar-refractivity contribution in [1.82, 2.24) is 5.32 Å². The van der Waals surface area contributed by atoms with Crippen LogP contribution < -0.4 is 5.32 Å². The summed E-state index contributed by atoms with van der Waals surface area (Å²) < 4.78 is 5.26. The zero-order chi connectivity index (χ0) is 10.1. The highest BCUT2D eigenvalue weighted by atomic mass is 16.5. The molecule has 0 aliphatic heterocycles. The Balaban J connectivity index is 1.80. The van der Waals surface area contributed by atoms with E-state index in [2.05, 4.69) is 11.4 Å². The number of hydrogen-bond donors (Lipinski definition) is 1. The zero-order valence-electron chi connectivity index (χ0n) is 9.35. The Morgan fingerprint density at radius 1 is 1.43 bits per heavy atom. The van der Waals surface area contributed by atoms with E-state index in [4.69, 9.17) is 4.74 Å². The molecule has 2 heteroatoms. The third-order valence-corrected chi connectivity index (χ3v) is 2.60. The van der Waals surface area contributed by atoms with Crippen LogP contribution in [0.1, 0.15) is 39.0 Å². The van der Waals surface area contributed by atoms with E-state index in [0.717, 1.165) is 32.7 Å². The summed E-state index contributed by atoms with van der Waals surface area (Å²) >= 11 is 0. The van der Waals surface area contributed by atoms with Crippen LogP contribution in [0, 0.1) is 0 Å². The maximum atomic E-state index is 5.26. The lowest BCUT2D eigenvalue weighted by Gasteiger charge is -2.05. The standard InChI is InChI=1S/C12H23NO/c1-2-14-11-5-9-13-10-8-12-6-3-4-7-12/h6,13H,2-5,7-11H2,1H3. The fourth-order valence-electron chi connectivity index (χ4n) is 1.78. The molecule has 0 radical (unpaired) electrons. The van der Waals surface area contributed by atoms with Gasteiger partial charge >= 0.3 is 0 Å². The first-order valence-electron chi connectivity index (χ1n) is 5.90. The minimum absolute atomic E-state index is 0.840. The fraction of sp³-hybridized carbons (Fsp3) is 0.833. The van der Waals surface area contributed by atoms with E-state index in [1.165, 1.54) is 25.7 Å². The molecule has 0 aromatic heterocycles. The van der Waals surface area contributed by atoms with Crippen molar-refractivity contribution in [2.75, 3.05) is 26.3 Å². The van der Waals surface area contributed by atoms with E-state index >= 15 is 0 Å². The zero-order valence-corrected chi connectivity index (χ0v) is 9.35. The predicted molar refractivity (Wildman–Crippen MR) is 60.5 cm³/mol. The van der Waals surface area contributed by atoms with Crippen LogP contribution in [0.15, 0.2) is 11.6 Å². The predicted octanol–water partition coefficient (Wildman–Crippen LogP) is 2.50. The first-order valence-corrected chi connectivity index (χ1v) is 5.90. The summed E-state index contributed by atoms with van der Waals surface area (Å²) in [5.41, 5.74) is 1.65. The van der Waals surface area contributed by atoms with Gasteiger partial charge in [-0.2, -0.15) is 0 Å². The Kier molecular flexibility index (Phi) is 6.71. The van der Waals surface area contributed by atoms with Crippen molar-refractivity contribution < 1.29 is 4.74 Å². The van der Waals surface area contributed by atoms with E-state index in [1.807, 2.05) is 6.92 Å². The average Bonchev–Trinajstić information content (AvgIpc) is 2.69. The third kappa shape index (κ3) is 5.40. The average molecular weight is 197 g/mol. The molecule has 0 saturated heterocycles. The van der Waals surface area contributed by atoms with Crippen LogP contribution in [0.3, 0.4) is 0 Å². The molecule has 0 fully saturated rings. The van der Waals surface area contributed by atoms with Gasteiger partial charge in [-0.25, -0.2) is 0 Å². The van der Waals surface area contributed by atoms with E-state index in [-0.39, 0.29) is 0 Å². The second-order valence-corrected chi connectivity index (χ2v) is 3.81. The number of allylic oxidation sites excluding steroid dienone is 1. The van der Waals surface area contributed by atoms with Gasteiger partial charge in [-0.1, -0.05) is 11.6 Å². The molecule has 1 aliphatic rings. The van der Waals surface area contributed by atoms with Crippen molar-refractivity contribution in [3.8, 4) is 0 Å². The van der Waals surface area contributed by atoms with Crippen LogP contribution in [-0.2, 0) is 4.74 Å². The lowest BCUT2D eigenvalue weighted by atomic mass is 10.2. The minimum atomic E-state index is 0.840. The SMILES string of the molecule is CCOCCCNCCC1=CCCC1. The van der Waals surface area contributed by atoms with Crippen molar-refractivity contribution in [1.29, 1.82) is 0 Å². The monoisotopic (exact) mass is 197 g/mol. The van der Waals surface area contributed by atoms with Crippen LogP contribution in [-0.4, -0.2) is 26.3 Å². The summed E-state index contributed by atoms with van der Waals surface area (Å²) in [7, 11) is 0. The highest BCUT2D eigenvalue weighted by Gasteiger charge is 2.02. The minimum Gasteiger partial charge on any atom is -0.382 e. The highest BCUT2D eigenvalue weighted by molar-refractivity contribution is 5.07. The van der Waals surface area contributed by atoms with Crippen LogP contribution >= 0.6 is 0 Å². The van der Waals surface area contributed by atoms with Gasteiger partial charge < -0.3 is 10.1 Å². The van der Waals surface area contributed by atoms with Gasteiger partial charge in [0.15, 0.2) is 0 Å². The molecule has 0 aromatic carbocycles. The molecule has 0 heterocycles.